The number of hydrogen-bond acceptors (Lipinski definition) is 2. The van der Waals surface area contributed by atoms with Gasteiger partial charge in [-0.3, -0.25) is 4.79 Å². The Bertz CT molecular complexity index is 417. The SMILES string of the molecule is CCCCOc1ccc(C(=O)N(CCCCl)C(C)C)cc1. The van der Waals surface area contributed by atoms with Crippen LogP contribution in [-0.4, -0.2) is 35.9 Å². The first-order valence-corrected chi connectivity index (χ1v) is 8.23. The number of amides is 1. The molecule has 0 aliphatic rings. The van der Waals surface area contributed by atoms with Gasteiger partial charge < -0.3 is 9.64 Å². The number of hydrogen-bond donors (Lipinski definition) is 0. The van der Waals surface area contributed by atoms with Gasteiger partial charge in [0.2, 0.25) is 0 Å². The standard InChI is InChI=1S/C17H26ClNO2/c1-4-5-13-21-16-9-7-15(8-10-16)17(20)19(14(2)3)12-6-11-18/h7-10,14H,4-6,11-13H2,1-3H3. The van der Waals surface area contributed by atoms with Gasteiger partial charge in [-0.05, 0) is 51.0 Å². The third kappa shape index (κ3) is 5.96. The summed E-state index contributed by atoms with van der Waals surface area (Å²) in [4.78, 5) is 14.4. The molecule has 0 atom stereocenters. The highest BCUT2D eigenvalue weighted by atomic mass is 35.5. The zero-order chi connectivity index (χ0) is 15.7. The number of alkyl halides is 1. The summed E-state index contributed by atoms with van der Waals surface area (Å²) in [5.74, 6) is 1.44. The van der Waals surface area contributed by atoms with Crippen LogP contribution in [-0.2, 0) is 0 Å². The minimum atomic E-state index is 0.0511. The van der Waals surface area contributed by atoms with Crippen molar-refractivity contribution in [1.29, 1.82) is 0 Å². The molecule has 21 heavy (non-hydrogen) atoms. The summed E-state index contributed by atoms with van der Waals surface area (Å²) in [5, 5.41) is 0. The van der Waals surface area contributed by atoms with Gasteiger partial charge in [0.15, 0.2) is 0 Å². The fraction of sp³-hybridized carbons (Fsp3) is 0.588. The summed E-state index contributed by atoms with van der Waals surface area (Å²) in [6.07, 6.45) is 2.96. The number of carbonyl (C=O) groups excluding carboxylic acids is 1. The molecule has 0 heterocycles. The molecule has 0 aliphatic carbocycles. The van der Waals surface area contributed by atoms with E-state index >= 15 is 0 Å². The minimum Gasteiger partial charge on any atom is -0.494 e. The molecule has 0 saturated carbocycles. The average Bonchev–Trinajstić information content (AvgIpc) is 2.48. The molecule has 3 nitrogen and oxygen atoms in total. The van der Waals surface area contributed by atoms with Crippen molar-refractivity contribution in [2.45, 2.75) is 46.1 Å². The number of carbonyl (C=O) groups is 1. The highest BCUT2D eigenvalue weighted by Gasteiger charge is 2.18. The molecule has 4 heteroatoms. The third-order valence-corrected chi connectivity index (χ3v) is 3.55. The second-order valence-electron chi connectivity index (χ2n) is 5.36. The molecule has 0 aliphatic heterocycles. The Labute approximate surface area is 133 Å². The van der Waals surface area contributed by atoms with Gasteiger partial charge in [0.1, 0.15) is 5.75 Å². The van der Waals surface area contributed by atoms with Crippen LogP contribution in [0.4, 0.5) is 0 Å². The van der Waals surface area contributed by atoms with E-state index in [1.807, 2.05) is 43.0 Å². The van der Waals surface area contributed by atoms with E-state index in [9.17, 15) is 4.79 Å². The lowest BCUT2D eigenvalue weighted by atomic mass is 10.1. The number of unbranched alkanes of at least 4 members (excludes halogenated alkanes) is 1. The summed E-state index contributed by atoms with van der Waals surface area (Å²) >= 11 is 5.73. The molecule has 0 unspecified atom stereocenters. The Kier molecular flexibility index (Phi) is 8.21. The van der Waals surface area contributed by atoms with Crippen LogP contribution in [0, 0.1) is 0 Å². The lowest BCUT2D eigenvalue weighted by Gasteiger charge is -2.26. The highest BCUT2D eigenvalue weighted by Crippen LogP contribution is 2.15. The molecule has 1 aromatic rings. The fourth-order valence-electron chi connectivity index (χ4n) is 2.02. The van der Waals surface area contributed by atoms with Crippen LogP contribution in [0.2, 0.25) is 0 Å². The summed E-state index contributed by atoms with van der Waals surface area (Å²) in [7, 11) is 0. The zero-order valence-electron chi connectivity index (χ0n) is 13.3. The van der Waals surface area contributed by atoms with Crippen molar-refractivity contribution in [2.75, 3.05) is 19.0 Å². The molecule has 1 rings (SSSR count). The zero-order valence-corrected chi connectivity index (χ0v) is 14.0. The first-order valence-electron chi connectivity index (χ1n) is 7.70. The highest BCUT2D eigenvalue weighted by molar-refractivity contribution is 6.17. The van der Waals surface area contributed by atoms with Gasteiger partial charge in [0, 0.05) is 24.0 Å². The van der Waals surface area contributed by atoms with Crippen LogP contribution in [0.25, 0.3) is 0 Å². The van der Waals surface area contributed by atoms with E-state index in [1.165, 1.54) is 0 Å². The van der Waals surface area contributed by atoms with Crippen molar-refractivity contribution in [1.82, 2.24) is 4.90 Å². The number of halogens is 1. The van der Waals surface area contributed by atoms with E-state index in [-0.39, 0.29) is 11.9 Å². The Balaban J connectivity index is 2.67. The van der Waals surface area contributed by atoms with Gasteiger partial charge in [0.25, 0.3) is 5.91 Å². The van der Waals surface area contributed by atoms with Gasteiger partial charge >= 0.3 is 0 Å². The van der Waals surface area contributed by atoms with Crippen molar-refractivity contribution in [3.63, 3.8) is 0 Å². The molecule has 0 aromatic heterocycles. The summed E-state index contributed by atoms with van der Waals surface area (Å²) in [6, 6.07) is 7.56. The molecule has 0 saturated heterocycles. The quantitative estimate of drug-likeness (QED) is 0.501. The predicted octanol–water partition coefficient (Wildman–Crippen LogP) is 4.35. The fourth-order valence-corrected chi connectivity index (χ4v) is 2.14. The molecular formula is C17H26ClNO2. The molecule has 1 aromatic carbocycles. The Morgan fingerprint density at radius 3 is 2.43 bits per heavy atom. The summed E-state index contributed by atoms with van der Waals surface area (Å²) in [6.45, 7) is 7.58. The lowest BCUT2D eigenvalue weighted by molar-refractivity contribution is 0.0706. The molecular weight excluding hydrogens is 286 g/mol. The molecule has 0 bridgehead atoms. The van der Waals surface area contributed by atoms with Crippen LogP contribution in [0.3, 0.4) is 0 Å². The smallest absolute Gasteiger partial charge is 0.254 e. The van der Waals surface area contributed by atoms with Crippen molar-refractivity contribution in [3.8, 4) is 5.75 Å². The van der Waals surface area contributed by atoms with Crippen molar-refractivity contribution >= 4 is 17.5 Å². The number of rotatable bonds is 9. The molecule has 0 spiro atoms. The van der Waals surface area contributed by atoms with Gasteiger partial charge in [0.05, 0.1) is 6.61 Å². The summed E-state index contributed by atoms with van der Waals surface area (Å²) in [5.41, 5.74) is 0.695. The molecule has 0 fully saturated rings. The van der Waals surface area contributed by atoms with Crippen LogP contribution in [0.5, 0.6) is 5.75 Å². The second kappa shape index (κ2) is 9.67. The van der Waals surface area contributed by atoms with E-state index < -0.39 is 0 Å². The van der Waals surface area contributed by atoms with E-state index in [0.29, 0.717) is 18.0 Å². The maximum Gasteiger partial charge on any atom is 0.254 e. The van der Waals surface area contributed by atoms with E-state index in [2.05, 4.69) is 6.92 Å². The van der Waals surface area contributed by atoms with Gasteiger partial charge in [-0.15, -0.1) is 11.6 Å². The second-order valence-corrected chi connectivity index (χ2v) is 5.74. The maximum atomic E-state index is 12.5. The first kappa shape index (κ1) is 17.8. The van der Waals surface area contributed by atoms with Crippen molar-refractivity contribution in [2.24, 2.45) is 0 Å². The Morgan fingerprint density at radius 2 is 1.90 bits per heavy atom. The topological polar surface area (TPSA) is 29.5 Å². The van der Waals surface area contributed by atoms with Crippen molar-refractivity contribution < 1.29 is 9.53 Å². The van der Waals surface area contributed by atoms with E-state index in [0.717, 1.165) is 31.6 Å². The largest absolute Gasteiger partial charge is 0.494 e. The number of benzene rings is 1. The van der Waals surface area contributed by atoms with Gasteiger partial charge in [-0.25, -0.2) is 0 Å². The van der Waals surface area contributed by atoms with Crippen LogP contribution in [0.15, 0.2) is 24.3 Å². The van der Waals surface area contributed by atoms with Gasteiger partial charge in [-0.1, -0.05) is 13.3 Å². The Hall–Kier alpha value is -1.22. The number of nitrogens with zero attached hydrogens (tertiary/aromatic N) is 1. The maximum absolute atomic E-state index is 12.5. The van der Waals surface area contributed by atoms with Gasteiger partial charge in [-0.2, -0.15) is 0 Å². The normalized spacial score (nSPS) is 10.7. The molecule has 0 radical (unpaired) electrons. The summed E-state index contributed by atoms with van der Waals surface area (Å²) < 4.78 is 5.61. The van der Waals surface area contributed by atoms with Crippen LogP contribution in [0.1, 0.15) is 50.4 Å². The third-order valence-electron chi connectivity index (χ3n) is 3.28. The van der Waals surface area contributed by atoms with E-state index in [4.69, 9.17) is 16.3 Å². The predicted molar refractivity (Wildman–Crippen MR) is 88.4 cm³/mol. The minimum absolute atomic E-state index is 0.0511. The lowest BCUT2D eigenvalue weighted by Crippen LogP contribution is -2.37. The van der Waals surface area contributed by atoms with Crippen LogP contribution < -0.4 is 4.74 Å². The molecule has 1 amide bonds. The van der Waals surface area contributed by atoms with E-state index in [1.54, 1.807) is 0 Å². The van der Waals surface area contributed by atoms with Crippen molar-refractivity contribution in [3.05, 3.63) is 29.8 Å². The monoisotopic (exact) mass is 311 g/mol. The number of ether oxygens (including phenoxy) is 1. The van der Waals surface area contributed by atoms with Crippen LogP contribution >= 0.6 is 11.6 Å². The first-order chi connectivity index (χ1) is 10.1. The average molecular weight is 312 g/mol. The Morgan fingerprint density at radius 1 is 1.24 bits per heavy atom. The molecule has 118 valence electrons. The molecule has 0 N–H and O–H groups in total.